The van der Waals surface area contributed by atoms with E-state index in [0.717, 1.165) is 19.4 Å². The molecule has 0 saturated carbocycles. The van der Waals surface area contributed by atoms with Crippen LogP contribution in [0.4, 0.5) is 0 Å². The quantitative estimate of drug-likeness (QED) is 0.567. The first-order valence-electron chi connectivity index (χ1n) is 4.18. The van der Waals surface area contributed by atoms with Gasteiger partial charge < -0.3 is 15.2 Å². The first kappa shape index (κ1) is 10.9. The standard InChI is InChI=1S/C8H19NO2/c1-3-4-8(7-11-2)9-5-6-10/h8-10H,3-7H2,1-2H3. The number of rotatable bonds is 7. The van der Waals surface area contributed by atoms with Crippen LogP contribution in [-0.2, 0) is 4.74 Å². The van der Waals surface area contributed by atoms with Gasteiger partial charge in [-0.1, -0.05) is 13.3 Å². The Morgan fingerprint density at radius 3 is 2.73 bits per heavy atom. The van der Waals surface area contributed by atoms with Gasteiger partial charge in [0.25, 0.3) is 0 Å². The van der Waals surface area contributed by atoms with E-state index in [1.54, 1.807) is 7.11 Å². The summed E-state index contributed by atoms with van der Waals surface area (Å²) < 4.78 is 5.01. The molecule has 11 heavy (non-hydrogen) atoms. The second kappa shape index (κ2) is 7.98. The van der Waals surface area contributed by atoms with Crippen molar-refractivity contribution in [2.45, 2.75) is 25.8 Å². The van der Waals surface area contributed by atoms with E-state index in [9.17, 15) is 0 Å². The normalized spacial score (nSPS) is 13.4. The third kappa shape index (κ3) is 6.28. The lowest BCUT2D eigenvalue weighted by Crippen LogP contribution is -2.34. The molecule has 0 bridgehead atoms. The smallest absolute Gasteiger partial charge is 0.0615 e. The molecule has 3 heteroatoms. The predicted octanol–water partition coefficient (Wildman–Crippen LogP) is 0.383. The molecular weight excluding hydrogens is 142 g/mol. The van der Waals surface area contributed by atoms with Crippen LogP contribution in [0.3, 0.4) is 0 Å². The van der Waals surface area contributed by atoms with Gasteiger partial charge in [0.05, 0.1) is 13.2 Å². The van der Waals surface area contributed by atoms with Gasteiger partial charge in [-0.25, -0.2) is 0 Å². The lowest BCUT2D eigenvalue weighted by Gasteiger charge is -2.15. The summed E-state index contributed by atoms with van der Waals surface area (Å²) in [6.45, 7) is 3.73. The monoisotopic (exact) mass is 161 g/mol. The highest BCUT2D eigenvalue weighted by Gasteiger charge is 2.04. The number of nitrogens with one attached hydrogen (secondary N) is 1. The van der Waals surface area contributed by atoms with Crippen molar-refractivity contribution < 1.29 is 9.84 Å². The van der Waals surface area contributed by atoms with Gasteiger partial charge in [-0.2, -0.15) is 0 Å². The van der Waals surface area contributed by atoms with Crippen molar-refractivity contribution >= 4 is 0 Å². The van der Waals surface area contributed by atoms with Crippen LogP contribution in [0, 0.1) is 0 Å². The summed E-state index contributed by atoms with van der Waals surface area (Å²) in [5.74, 6) is 0. The Morgan fingerprint density at radius 2 is 2.27 bits per heavy atom. The minimum Gasteiger partial charge on any atom is -0.395 e. The Labute approximate surface area is 68.8 Å². The van der Waals surface area contributed by atoms with Crippen molar-refractivity contribution in [3.63, 3.8) is 0 Å². The molecule has 0 amide bonds. The molecule has 0 aliphatic heterocycles. The fraction of sp³-hybridized carbons (Fsp3) is 1.00. The van der Waals surface area contributed by atoms with Crippen LogP contribution in [0.5, 0.6) is 0 Å². The lowest BCUT2D eigenvalue weighted by molar-refractivity contribution is 0.157. The van der Waals surface area contributed by atoms with Crippen molar-refractivity contribution in [3.05, 3.63) is 0 Å². The topological polar surface area (TPSA) is 41.5 Å². The highest BCUT2D eigenvalue weighted by Crippen LogP contribution is 1.95. The molecule has 0 aromatic rings. The van der Waals surface area contributed by atoms with Crippen molar-refractivity contribution in [2.75, 3.05) is 26.9 Å². The van der Waals surface area contributed by atoms with Crippen LogP contribution in [0.15, 0.2) is 0 Å². The van der Waals surface area contributed by atoms with E-state index in [1.807, 2.05) is 0 Å². The van der Waals surface area contributed by atoms with Crippen LogP contribution in [0.1, 0.15) is 19.8 Å². The van der Waals surface area contributed by atoms with Crippen LogP contribution in [-0.4, -0.2) is 38.0 Å². The van der Waals surface area contributed by atoms with Gasteiger partial charge in [0, 0.05) is 19.7 Å². The molecule has 3 nitrogen and oxygen atoms in total. The Balaban J connectivity index is 3.34. The molecule has 0 aliphatic rings. The van der Waals surface area contributed by atoms with E-state index in [1.165, 1.54) is 0 Å². The average molecular weight is 161 g/mol. The summed E-state index contributed by atoms with van der Waals surface area (Å²) in [4.78, 5) is 0. The predicted molar refractivity (Wildman–Crippen MR) is 45.7 cm³/mol. The highest BCUT2D eigenvalue weighted by molar-refractivity contribution is 4.64. The van der Waals surface area contributed by atoms with Crippen LogP contribution < -0.4 is 5.32 Å². The van der Waals surface area contributed by atoms with Crippen molar-refractivity contribution in [2.24, 2.45) is 0 Å². The third-order valence-electron chi connectivity index (χ3n) is 1.55. The van der Waals surface area contributed by atoms with E-state index in [-0.39, 0.29) is 6.61 Å². The minimum atomic E-state index is 0.198. The highest BCUT2D eigenvalue weighted by atomic mass is 16.5. The number of hydrogen-bond acceptors (Lipinski definition) is 3. The zero-order valence-corrected chi connectivity index (χ0v) is 7.47. The maximum Gasteiger partial charge on any atom is 0.0615 e. The van der Waals surface area contributed by atoms with Crippen molar-refractivity contribution in [1.82, 2.24) is 5.32 Å². The second-order valence-corrected chi connectivity index (χ2v) is 2.62. The molecule has 0 fully saturated rings. The summed E-state index contributed by atoms with van der Waals surface area (Å²) in [6.07, 6.45) is 2.25. The molecule has 0 aromatic carbocycles. The van der Waals surface area contributed by atoms with Gasteiger partial charge >= 0.3 is 0 Å². The van der Waals surface area contributed by atoms with Gasteiger partial charge in [-0.05, 0) is 6.42 Å². The molecule has 0 radical (unpaired) electrons. The summed E-state index contributed by atoms with van der Waals surface area (Å²) in [5.41, 5.74) is 0. The minimum absolute atomic E-state index is 0.198. The van der Waals surface area contributed by atoms with Crippen LogP contribution >= 0.6 is 0 Å². The molecule has 1 atom stereocenters. The van der Waals surface area contributed by atoms with Gasteiger partial charge in [0.15, 0.2) is 0 Å². The second-order valence-electron chi connectivity index (χ2n) is 2.62. The Hall–Kier alpha value is -0.120. The molecule has 0 heterocycles. The molecule has 0 aliphatic carbocycles. The van der Waals surface area contributed by atoms with Gasteiger partial charge in [0.1, 0.15) is 0 Å². The largest absolute Gasteiger partial charge is 0.395 e. The third-order valence-corrected chi connectivity index (χ3v) is 1.55. The molecule has 0 aromatic heterocycles. The van der Waals surface area contributed by atoms with Gasteiger partial charge in [0.2, 0.25) is 0 Å². The van der Waals surface area contributed by atoms with E-state index in [4.69, 9.17) is 9.84 Å². The summed E-state index contributed by atoms with van der Waals surface area (Å²) in [5, 5.41) is 11.7. The van der Waals surface area contributed by atoms with E-state index in [0.29, 0.717) is 12.6 Å². The number of aliphatic hydroxyl groups is 1. The summed E-state index contributed by atoms with van der Waals surface area (Å²) in [7, 11) is 1.70. The Kier molecular flexibility index (Phi) is 7.89. The molecule has 68 valence electrons. The molecule has 1 unspecified atom stereocenters. The molecule has 2 N–H and O–H groups in total. The van der Waals surface area contributed by atoms with E-state index < -0.39 is 0 Å². The SMILES string of the molecule is CCCC(COC)NCCO. The fourth-order valence-corrected chi connectivity index (χ4v) is 1.06. The number of methoxy groups -OCH3 is 1. The summed E-state index contributed by atoms with van der Waals surface area (Å²) in [6, 6.07) is 0.400. The zero-order chi connectivity index (χ0) is 8.53. The van der Waals surface area contributed by atoms with Crippen LogP contribution in [0.25, 0.3) is 0 Å². The number of hydrogen-bond donors (Lipinski definition) is 2. The Morgan fingerprint density at radius 1 is 1.55 bits per heavy atom. The van der Waals surface area contributed by atoms with Crippen LogP contribution in [0.2, 0.25) is 0 Å². The van der Waals surface area contributed by atoms with E-state index in [2.05, 4.69) is 12.2 Å². The van der Waals surface area contributed by atoms with Crippen molar-refractivity contribution in [1.29, 1.82) is 0 Å². The number of aliphatic hydroxyl groups excluding tert-OH is 1. The number of ether oxygens (including phenoxy) is 1. The molecular formula is C8H19NO2. The van der Waals surface area contributed by atoms with Gasteiger partial charge in [-0.15, -0.1) is 0 Å². The maximum atomic E-state index is 8.55. The molecule has 0 spiro atoms. The Bertz CT molecular complexity index is 72.5. The van der Waals surface area contributed by atoms with E-state index >= 15 is 0 Å². The lowest BCUT2D eigenvalue weighted by atomic mass is 10.2. The molecule has 0 rings (SSSR count). The van der Waals surface area contributed by atoms with Crippen molar-refractivity contribution in [3.8, 4) is 0 Å². The summed E-state index contributed by atoms with van der Waals surface area (Å²) >= 11 is 0. The fourth-order valence-electron chi connectivity index (χ4n) is 1.06. The van der Waals surface area contributed by atoms with Gasteiger partial charge in [-0.3, -0.25) is 0 Å². The first-order chi connectivity index (χ1) is 5.35. The maximum absolute atomic E-state index is 8.55. The molecule has 0 saturated heterocycles. The average Bonchev–Trinajstić information content (AvgIpc) is 2.01. The first-order valence-corrected chi connectivity index (χ1v) is 4.18. The zero-order valence-electron chi connectivity index (χ0n) is 7.47.